The molecule has 68 valence electrons. The quantitative estimate of drug-likeness (QED) is 0.428. The zero-order valence-electron chi connectivity index (χ0n) is 7.70. The van der Waals surface area contributed by atoms with E-state index in [2.05, 4.69) is 8.58 Å². The number of nitrogens with zero attached hydrogens (tertiary/aromatic N) is 1. The van der Waals surface area contributed by atoms with Gasteiger partial charge >= 0.3 is 39.9 Å². The van der Waals surface area contributed by atoms with Gasteiger partial charge in [0, 0.05) is 11.5 Å². The first kappa shape index (κ1) is 13.0. The Hall–Kier alpha value is -0.0400. The molecule has 0 aliphatic carbocycles. The van der Waals surface area contributed by atoms with Crippen molar-refractivity contribution in [2.75, 3.05) is 0 Å². The zero-order valence-corrected chi connectivity index (χ0v) is 10.5. The summed E-state index contributed by atoms with van der Waals surface area (Å²) in [5, 5.41) is 11.0. The van der Waals surface area contributed by atoms with Gasteiger partial charge in [-0.1, -0.05) is 6.92 Å². The topological polar surface area (TPSA) is 78.8 Å². The summed E-state index contributed by atoms with van der Waals surface area (Å²) in [4.78, 5) is 0. The Labute approximate surface area is 99.1 Å². The van der Waals surface area contributed by atoms with Gasteiger partial charge in [0.25, 0.3) is 0 Å². The zero-order chi connectivity index (χ0) is 9.35. The van der Waals surface area contributed by atoms with Gasteiger partial charge in [-0.3, -0.25) is 0 Å². The standard InChI is InChI=1S/C6H9NO4S.Na/c1-3-5-4(2)11-12(9,10)7-6(5)8;/h3H2,1-2H3,(H,7,8);/q;+1/p-1. The third-order valence-corrected chi connectivity index (χ3v) is 2.31. The molecule has 7 heteroatoms. The molecule has 0 aromatic heterocycles. The van der Waals surface area contributed by atoms with Gasteiger partial charge in [-0.15, -0.1) is 4.40 Å². The van der Waals surface area contributed by atoms with Crippen molar-refractivity contribution in [1.82, 2.24) is 0 Å². The number of allylic oxidation sites excluding steroid dienone is 1. The minimum atomic E-state index is -4.01. The molecule has 13 heavy (non-hydrogen) atoms. The van der Waals surface area contributed by atoms with Crippen LogP contribution in [0, 0.1) is 0 Å². The molecule has 0 amide bonds. The predicted molar refractivity (Wildman–Crippen MR) is 40.4 cm³/mol. The Bertz CT molecular complexity index is 357. The molecule has 0 bridgehead atoms. The van der Waals surface area contributed by atoms with Crippen LogP contribution in [0.25, 0.3) is 0 Å². The molecule has 1 aliphatic rings. The van der Waals surface area contributed by atoms with Crippen LogP contribution in [-0.4, -0.2) is 14.3 Å². The van der Waals surface area contributed by atoms with Crippen molar-refractivity contribution in [3.63, 3.8) is 0 Å². The van der Waals surface area contributed by atoms with Crippen LogP contribution in [0.5, 0.6) is 0 Å². The SMILES string of the molecule is CCC1=C(C)OS(=O)(=O)N=C1[O-].[Na+]. The average Bonchev–Trinajstić information content (AvgIpc) is 1.82. The second kappa shape index (κ2) is 4.45. The van der Waals surface area contributed by atoms with E-state index in [0.717, 1.165) is 0 Å². The van der Waals surface area contributed by atoms with Crippen LogP contribution in [0.4, 0.5) is 0 Å². The van der Waals surface area contributed by atoms with E-state index in [1.54, 1.807) is 6.92 Å². The molecule has 5 nitrogen and oxygen atoms in total. The molecule has 0 aromatic carbocycles. The second-order valence-corrected chi connectivity index (χ2v) is 3.50. The van der Waals surface area contributed by atoms with Gasteiger partial charge in [0.1, 0.15) is 5.76 Å². The number of hydrogen-bond donors (Lipinski definition) is 0. The minimum absolute atomic E-state index is 0. The van der Waals surface area contributed by atoms with E-state index in [1.165, 1.54) is 6.92 Å². The smallest absolute Gasteiger partial charge is 0.858 e. The van der Waals surface area contributed by atoms with Crippen LogP contribution < -0.4 is 34.7 Å². The van der Waals surface area contributed by atoms with Gasteiger partial charge in [-0.2, -0.15) is 8.42 Å². The van der Waals surface area contributed by atoms with Crippen LogP contribution in [-0.2, 0) is 14.5 Å². The fourth-order valence-electron chi connectivity index (χ4n) is 0.934. The summed E-state index contributed by atoms with van der Waals surface area (Å²) in [6.45, 7) is 3.16. The molecule has 0 fully saturated rings. The van der Waals surface area contributed by atoms with Crippen molar-refractivity contribution in [3.05, 3.63) is 11.3 Å². The van der Waals surface area contributed by atoms with Crippen LogP contribution in [0.3, 0.4) is 0 Å². The normalized spacial score (nSPS) is 20.0. The van der Waals surface area contributed by atoms with Crippen LogP contribution in [0.2, 0.25) is 0 Å². The minimum Gasteiger partial charge on any atom is -0.858 e. The monoisotopic (exact) mass is 213 g/mol. The summed E-state index contributed by atoms with van der Waals surface area (Å²) in [5.41, 5.74) is 0.310. The molecular formula is C6H8NNaO4S. The summed E-state index contributed by atoms with van der Waals surface area (Å²) >= 11 is 0. The predicted octanol–water partition coefficient (Wildman–Crippen LogP) is -3.29. The van der Waals surface area contributed by atoms with Gasteiger partial charge in [0.05, 0.1) is 0 Å². The van der Waals surface area contributed by atoms with E-state index in [0.29, 0.717) is 12.0 Å². The van der Waals surface area contributed by atoms with Gasteiger partial charge in [0.15, 0.2) is 0 Å². The molecule has 0 saturated heterocycles. The molecule has 0 saturated carbocycles. The maximum atomic E-state index is 11.0. The molecule has 1 heterocycles. The van der Waals surface area contributed by atoms with E-state index >= 15 is 0 Å². The first-order valence-corrected chi connectivity index (χ1v) is 4.74. The molecule has 1 aliphatic heterocycles. The largest absolute Gasteiger partial charge is 1.00 e. The molecule has 0 aromatic rings. The fraction of sp³-hybridized carbons (Fsp3) is 0.500. The first-order chi connectivity index (χ1) is 5.46. The maximum Gasteiger partial charge on any atom is 1.00 e. The van der Waals surface area contributed by atoms with Gasteiger partial charge < -0.3 is 9.29 Å². The molecule has 0 unspecified atom stereocenters. The summed E-state index contributed by atoms with van der Waals surface area (Å²) < 4.78 is 28.7. The third-order valence-electron chi connectivity index (χ3n) is 1.46. The summed E-state index contributed by atoms with van der Waals surface area (Å²) in [6.07, 6.45) is 0.420. The second-order valence-electron chi connectivity index (χ2n) is 2.30. The van der Waals surface area contributed by atoms with E-state index in [9.17, 15) is 13.5 Å². The molecule has 0 N–H and O–H groups in total. The van der Waals surface area contributed by atoms with E-state index < -0.39 is 16.2 Å². The summed E-state index contributed by atoms with van der Waals surface area (Å²) in [6, 6.07) is 0. The van der Waals surface area contributed by atoms with Crippen molar-refractivity contribution in [2.45, 2.75) is 20.3 Å². The Morgan fingerprint density at radius 2 is 2.08 bits per heavy atom. The molecular weight excluding hydrogens is 205 g/mol. The average molecular weight is 213 g/mol. The molecule has 0 radical (unpaired) electrons. The summed E-state index contributed by atoms with van der Waals surface area (Å²) in [5.74, 6) is -0.598. The van der Waals surface area contributed by atoms with Crippen molar-refractivity contribution >= 4 is 16.2 Å². The number of hydrogen-bond acceptors (Lipinski definition) is 4. The molecule has 1 rings (SSSR count). The molecule has 0 spiro atoms. The van der Waals surface area contributed by atoms with E-state index in [4.69, 9.17) is 0 Å². The van der Waals surface area contributed by atoms with Crippen molar-refractivity contribution in [2.24, 2.45) is 4.40 Å². The Balaban J connectivity index is 0.00000144. The van der Waals surface area contributed by atoms with Crippen LogP contribution in [0.1, 0.15) is 20.3 Å². The number of rotatable bonds is 1. The van der Waals surface area contributed by atoms with Crippen molar-refractivity contribution in [1.29, 1.82) is 0 Å². The molecule has 0 atom stereocenters. The Morgan fingerprint density at radius 3 is 2.46 bits per heavy atom. The fourth-order valence-corrected chi connectivity index (χ4v) is 1.70. The Kier molecular flexibility index (Phi) is 4.44. The van der Waals surface area contributed by atoms with Crippen LogP contribution >= 0.6 is 0 Å². The first-order valence-electron chi connectivity index (χ1n) is 3.38. The van der Waals surface area contributed by atoms with E-state index in [1.807, 2.05) is 0 Å². The Morgan fingerprint density at radius 1 is 1.54 bits per heavy atom. The van der Waals surface area contributed by atoms with E-state index in [-0.39, 0.29) is 35.3 Å². The van der Waals surface area contributed by atoms with Crippen LogP contribution in [0.15, 0.2) is 15.7 Å². The van der Waals surface area contributed by atoms with Crippen molar-refractivity contribution < 1.29 is 47.3 Å². The third kappa shape index (κ3) is 2.98. The van der Waals surface area contributed by atoms with Gasteiger partial charge in [-0.05, 0) is 13.3 Å². The maximum absolute atomic E-state index is 11.0. The summed E-state index contributed by atoms with van der Waals surface area (Å²) in [7, 11) is -4.01. The van der Waals surface area contributed by atoms with Gasteiger partial charge in [-0.25, -0.2) is 0 Å². The van der Waals surface area contributed by atoms with Gasteiger partial charge in [0.2, 0.25) is 0 Å². The van der Waals surface area contributed by atoms with Crippen molar-refractivity contribution in [3.8, 4) is 0 Å².